The molecule has 0 saturated carbocycles. The van der Waals surface area contributed by atoms with Gasteiger partial charge in [-0.05, 0) is 86.3 Å². The third-order valence-corrected chi connectivity index (χ3v) is 10.6. The van der Waals surface area contributed by atoms with E-state index in [1.165, 1.54) is 32.3 Å². The Morgan fingerprint density at radius 3 is 1.88 bits per heavy atom. The summed E-state index contributed by atoms with van der Waals surface area (Å²) in [7, 11) is 0. The number of hydrogen-bond acceptors (Lipinski definition) is 2. The Bertz CT molecular complexity index is 3110. The second-order valence-electron chi connectivity index (χ2n) is 13.5. The molecule has 52 heavy (non-hydrogen) atoms. The van der Waals surface area contributed by atoms with E-state index in [0.29, 0.717) is 0 Å². The molecule has 0 aliphatic heterocycles. The van der Waals surface area contributed by atoms with Gasteiger partial charge in [-0.3, -0.25) is 4.57 Å². The van der Waals surface area contributed by atoms with Gasteiger partial charge in [0.1, 0.15) is 17.0 Å². The summed E-state index contributed by atoms with van der Waals surface area (Å²) in [4.78, 5) is 5.38. The van der Waals surface area contributed by atoms with Crippen molar-refractivity contribution in [3.63, 3.8) is 0 Å². The fourth-order valence-electron chi connectivity index (χ4n) is 8.22. The molecule has 0 bridgehead atoms. The molecule has 3 aromatic heterocycles. The predicted molar refractivity (Wildman–Crippen MR) is 217 cm³/mol. The molecule has 0 spiro atoms. The summed E-state index contributed by atoms with van der Waals surface area (Å²) in [5, 5.41) is 9.55. The van der Waals surface area contributed by atoms with Crippen LogP contribution in [0, 0.1) is 0 Å². The van der Waals surface area contributed by atoms with Gasteiger partial charge < -0.3 is 4.42 Å². The first kappa shape index (κ1) is 28.8. The lowest BCUT2D eigenvalue weighted by Crippen LogP contribution is -2.00. The van der Waals surface area contributed by atoms with Gasteiger partial charge in [-0.15, -0.1) is 0 Å². The topological polar surface area (TPSA) is 31.0 Å². The van der Waals surface area contributed by atoms with Crippen LogP contribution in [-0.4, -0.2) is 9.55 Å². The molecular formula is C49H30N2O. The van der Waals surface area contributed by atoms with Crippen molar-refractivity contribution in [3.8, 4) is 39.3 Å². The molecule has 11 rings (SSSR count). The molecular weight excluding hydrogens is 633 g/mol. The maximum atomic E-state index is 6.48. The molecule has 0 atom stereocenters. The number of benzene rings is 8. The van der Waals surface area contributed by atoms with Crippen molar-refractivity contribution in [2.75, 3.05) is 0 Å². The largest absolute Gasteiger partial charge is 0.456 e. The van der Waals surface area contributed by atoms with Crippen LogP contribution in [0.2, 0.25) is 0 Å². The number of nitrogens with zero attached hydrogens (tertiary/aromatic N) is 2. The van der Waals surface area contributed by atoms with E-state index in [4.69, 9.17) is 9.40 Å². The van der Waals surface area contributed by atoms with E-state index in [2.05, 4.69) is 180 Å². The fraction of sp³-hybridized carbons (Fsp3) is 0. The first-order valence-electron chi connectivity index (χ1n) is 17.7. The normalized spacial score (nSPS) is 11.8. The van der Waals surface area contributed by atoms with Crippen LogP contribution >= 0.6 is 0 Å². The SMILES string of the molecule is c1ccc(-c2cc(-c3ccccc3)nc(-n3c4ccc(-c5cc6oc7ccccc7c6c6ccccc56)cc4c4c5ccccc5ccc43)c2)cc1. The van der Waals surface area contributed by atoms with Gasteiger partial charge in [0.05, 0.1) is 16.7 Å². The van der Waals surface area contributed by atoms with Crippen molar-refractivity contribution in [2.24, 2.45) is 0 Å². The molecule has 0 fully saturated rings. The lowest BCUT2D eigenvalue weighted by Gasteiger charge is -2.13. The molecule has 8 aromatic carbocycles. The highest BCUT2D eigenvalue weighted by molar-refractivity contribution is 6.24. The highest BCUT2D eigenvalue weighted by Gasteiger charge is 2.20. The van der Waals surface area contributed by atoms with E-state index >= 15 is 0 Å². The summed E-state index contributed by atoms with van der Waals surface area (Å²) in [6, 6.07) is 64.9. The molecule has 3 heterocycles. The number of aromatic nitrogens is 2. The molecule has 0 unspecified atom stereocenters. The zero-order valence-corrected chi connectivity index (χ0v) is 28.1. The van der Waals surface area contributed by atoms with Crippen LogP contribution in [0.4, 0.5) is 0 Å². The first-order valence-corrected chi connectivity index (χ1v) is 17.7. The predicted octanol–water partition coefficient (Wildman–Crippen LogP) is 13.4. The zero-order chi connectivity index (χ0) is 34.2. The minimum Gasteiger partial charge on any atom is -0.456 e. The van der Waals surface area contributed by atoms with Gasteiger partial charge >= 0.3 is 0 Å². The van der Waals surface area contributed by atoms with Gasteiger partial charge in [-0.2, -0.15) is 0 Å². The van der Waals surface area contributed by atoms with Crippen LogP contribution in [-0.2, 0) is 0 Å². The van der Waals surface area contributed by atoms with E-state index in [0.717, 1.165) is 72.3 Å². The molecule has 242 valence electrons. The van der Waals surface area contributed by atoms with Crippen LogP contribution in [0.1, 0.15) is 0 Å². The summed E-state index contributed by atoms with van der Waals surface area (Å²) in [6.45, 7) is 0. The number of furan rings is 1. The Kier molecular flexibility index (Phi) is 6.25. The number of para-hydroxylation sites is 1. The number of pyridine rings is 1. The molecule has 11 aromatic rings. The third kappa shape index (κ3) is 4.36. The minimum absolute atomic E-state index is 0.886. The Labute approximate surface area is 299 Å². The van der Waals surface area contributed by atoms with Crippen molar-refractivity contribution in [2.45, 2.75) is 0 Å². The summed E-state index contributed by atoms with van der Waals surface area (Å²) < 4.78 is 8.83. The quantitative estimate of drug-likeness (QED) is 0.188. The van der Waals surface area contributed by atoms with Crippen LogP contribution in [0.15, 0.2) is 186 Å². The Balaban J connectivity index is 1.22. The van der Waals surface area contributed by atoms with Gasteiger partial charge in [0.25, 0.3) is 0 Å². The molecule has 0 aliphatic rings. The highest BCUT2D eigenvalue weighted by Crippen LogP contribution is 2.43. The summed E-state index contributed by atoms with van der Waals surface area (Å²) in [5.74, 6) is 0.886. The number of fused-ring (bicyclic) bond motifs is 10. The maximum Gasteiger partial charge on any atom is 0.138 e. The molecule has 0 saturated heterocycles. The number of rotatable bonds is 4. The first-order chi connectivity index (χ1) is 25.8. The molecule has 0 N–H and O–H groups in total. The summed E-state index contributed by atoms with van der Waals surface area (Å²) >= 11 is 0. The van der Waals surface area contributed by atoms with E-state index in [9.17, 15) is 0 Å². The monoisotopic (exact) mass is 662 g/mol. The van der Waals surface area contributed by atoms with Crippen molar-refractivity contribution in [3.05, 3.63) is 182 Å². The van der Waals surface area contributed by atoms with E-state index < -0.39 is 0 Å². The molecule has 3 nitrogen and oxygen atoms in total. The van der Waals surface area contributed by atoms with E-state index in [1.807, 2.05) is 6.07 Å². The van der Waals surface area contributed by atoms with Crippen molar-refractivity contribution < 1.29 is 4.42 Å². The fourth-order valence-corrected chi connectivity index (χ4v) is 8.22. The van der Waals surface area contributed by atoms with Gasteiger partial charge in [0, 0.05) is 27.1 Å². The Morgan fingerprint density at radius 1 is 0.385 bits per heavy atom. The molecule has 0 radical (unpaired) electrons. The second kappa shape index (κ2) is 11.3. The summed E-state index contributed by atoms with van der Waals surface area (Å²) in [6.07, 6.45) is 0. The van der Waals surface area contributed by atoms with Crippen LogP contribution < -0.4 is 0 Å². The smallest absolute Gasteiger partial charge is 0.138 e. The second-order valence-corrected chi connectivity index (χ2v) is 13.5. The minimum atomic E-state index is 0.886. The average Bonchev–Trinajstić information content (AvgIpc) is 3.77. The van der Waals surface area contributed by atoms with Crippen molar-refractivity contribution >= 4 is 65.3 Å². The van der Waals surface area contributed by atoms with E-state index in [-0.39, 0.29) is 0 Å². The van der Waals surface area contributed by atoms with Gasteiger partial charge in [0.2, 0.25) is 0 Å². The lowest BCUT2D eigenvalue weighted by atomic mass is 9.94. The van der Waals surface area contributed by atoms with Crippen LogP contribution in [0.3, 0.4) is 0 Å². The maximum absolute atomic E-state index is 6.48. The highest BCUT2D eigenvalue weighted by atomic mass is 16.3. The summed E-state index contributed by atoms with van der Waals surface area (Å²) in [5.41, 5.74) is 10.7. The molecule has 0 aliphatic carbocycles. The molecule has 3 heteroatoms. The van der Waals surface area contributed by atoms with Gasteiger partial charge in [0.15, 0.2) is 0 Å². The average molecular weight is 663 g/mol. The standard InChI is InChI=1S/C49H30N2O/c1-3-13-31(14-4-1)35-28-42(33-16-5-2-6-17-33)50-47(29-35)51-43-25-24-34(27-41(43)48-36-18-8-7-15-32(36)23-26-44(48)51)40-30-46-49(38-20-10-9-19-37(38)40)39-21-11-12-22-45(39)52-46/h1-30H. The van der Waals surface area contributed by atoms with E-state index in [1.54, 1.807) is 0 Å². The lowest BCUT2D eigenvalue weighted by molar-refractivity contribution is 0.669. The third-order valence-electron chi connectivity index (χ3n) is 10.6. The van der Waals surface area contributed by atoms with Crippen LogP contribution in [0.25, 0.3) is 105 Å². The zero-order valence-electron chi connectivity index (χ0n) is 28.1. The van der Waals surface area contributed by atoms with Gasteiger partial charge in [-0.25, -0.2) is 4.98 Å². The van der Waals surface area contributed by atoms with Crippen LogP contribution in [0.5, 0.6) is 0 Å². The van der Waals surface area contributed by atoms with Crippen molar-refractivity contribution in [1.82, 2.24) is 9.55 Å². The Morgan fingerprint density at radius 2 is 1.06 bits per heavy atom. The van der Waals surface area contributed by atoms with Crippen molar-refractivity contribution in [1.29, 1.82) is 0 Å². The number of hydrogen-bond donors (Lipinski definition) is 0. The Hall–Kier alpha value is -6.97. The molecule has 0 amide bonds. The van der Waals surface area contributed by atoms with Gasteiger partial charge in [-0.1, -0.05) is 140 Å².